The molecule has 0 aliphatic carbocycles. The highest BCUT2D eigenvalue weighted by molar-refractivity contribution is 7.65. The molecule has 0 radical (unpaired) electrons. The summed E-state index contributed by atoms with van der Waals surface area (Å²) in [5.41, 5.74) is -0.499. The van der Waals surface area contributed by atoms with Gasteiger partial charge < -0.3 is 13.7 Å². The average molecular weight is 429 g/mol. The Labute approximate surface area is 167 Å². The Morgan fingerprint density at radius 1 is 1.32 bits per heavy atom. The van der Waals surface area contributed by atoms with Crippen LogP contribution in [0.2, 0.25) is 18.1 Å². The van der Waals surface area contributed by atoms with Crippen molar-refractivity contribution in [1.82, 2.24) is 9.55 Å². The Balaban J connectivity index is 2.42. The van der Waals surface area contributed by atoms with Crippen LogP contribution in [0.4, 0.5) is 0 Å². The molecule has 0 spiro atoms. The van der Waals surface area contributed by atoms with E-state index in [4.69, 9.17) is 9.16 Å². The van der Waals surface area contributed by atoms with Gasteiger partial charge in [-0.05, 0) is 44.2 Å². The van der Waals surface area contributed by atoms with Crippen LogP contribution in [0, 0.1) is 6.92 Å². The van der Waals surface area contributed by atoms with Crippen molar-refractivity contribution < 1.29 is 13.7 Å². The van der Waals surface area contributed by atoms with Crippen LogP contribution < -0.4 is 11.2 Å². The zero-order valence-corrected chi connectivity index (χ0v) is 20.0. The third kappa shape index (κ3) is 5.44. The topological polar surface area (TPSA) is 90.4 Å². The van der Waals surface area contributed by atoms with E-state index < -0.39 is 32.9 Å². The molecule has 0 saturated carbocycles. The number of aromatic nitrogens is 2. The molecule has 1 unspecified atom stereocenters. The van der Waals surface area contributed by atoms with Gasteiger partial charge in [0.25, 0.3) is 5.56 Å². The zero-order valence-electron chi connectivity index (χ0n) is 18.1. The van der Waals surface area contributed by atoms with Crippen molar-refractivity contribution in [2.75, 3.05) is 13.3 Å². The number of hydrogen-bond acceptors (Lipinski definition) is 5. The second kappa shape index (κ2) is 7.90. The van der Waals surface area contributed by atoms with Crippen LogP contribution in [-0.4, -0.2) is 43.4 Å². The van der Waals surface area contributed by atoms with E-state index in [1.807, 2.05) is 0 Å². The van der Waals surface area contributed by atoms with Crippen molar-refractivity contribution in [1.29, 1.82) is 0 Å². The second-order valence-corrected chi connectivity index (χ2v) is 17.4. The van der Waals surface area contributed by atoms with Gasteiger partial charge in [-0.25, -0.2) is 4.79 Å². The lowest BCUT2D eigenvalue weighted by Gasteiger charge is -2.39. The maximum atomic E-state index is 12.4. The van der Waals surface area contributed by atoms with Crippen LogP contribution in [-0.2, 0) is 13.7 Å². The Morgan fingerprint density at radius 3 is 2.46 bits per heavy atom. The Hall–Kier alpha value is -1.21. The summed E-state index contributed by atoms with van der Waals surface area (Å²) in [4.78, 5) is 26.5. The summed E-state index contributed by atoms with van der Waals surface area (Å²) in [5, 5.41) is -0.000104. The van der Waals surface area contributed by atoms with Crippen LogP contribution in [0.25, 0.3) is 0 Å². The van der Waals surface area contributed by atoms with Gasteiger partial charge in [-0.3, -0.25) is 14.3 Å². The molecule has 158 valence electrons. The summed E-state index contributed by atoms with van der Waals surface area (Å²) in [5.74, 6) is 1.68. The standard InChI is InChI=1S/C19H33N2O5PSi/c1-13-12-21(18(23)20-16(13)22)17-15(26-28(7,8)19(2,3)4)11-14(25-17)9-10-27(5,6)24/h9-10,12,14-15,17H,11H2,1-8H3,(H,20,22,23)/b10-9+/t14-,15?,17-/m1/s1. The van der Waals surface area contributed by atoms with Gasteiger partial charge in [-0.1, -0.05) is 26.8 Å². The zero-order chi connectivity index (χ0) is 21.5. The lowest BCUT2D eigenvalue weighted by molar-refractivity contribution is -0.0240. The predicted molar refractivity (Wildman–Crippen MR) is 115 cm³/mol. The van der Waals surface area contributed by atoms with Gasteiger partial charge in [0.05, 0.1) is 12.2 Å². The van der Waals surface area contributed by atoms with Crippen molar-refractivity contribution in [2.45, 2.75) is 70.7 Å². The number of nitrogens with zero attached hydrogens (tertiary/aromatic N) is 1. The molecule has 1 saturated heterocycles. The van der Waals surface area contributed by atoms with E-state index in [1.54, 1.807) is 32.1 Å². The highest BCUT2D eigenvalue weighted by Gasteiger charge is 2.45. The molecule has 9 heteroatoms. The third-order valence-electron chi connectivity index (χ3n) is 5.43. The van der Waals surface area contributed by atoms with Crippen LogP contribution in [0.15, 0.2) is 27.7 Å². The number of hydrogen-bond donors (Lipinski definition) is 1. The largest absolute Gasteiger partial charge is 0.409 e. The average Bonchev–Trinajstić information content (AvgIpc) is 2.89. The molecule has 1 N–H and O–H groups in total. The van der Waals surface area contributed by atoms with Crippen molar-refractivity contribution >= 4 is 15.5 Å². The molecule has 3 atom stereocenters. The summed E-state index contributed by atoms with van der Waals surface area (Å²) in [6, 6.07) is 0. The van der Waals surface area contributed by atoms with Gasteiger partial charge in [0, 0.05) is 18.2 Å². The fourth-order valence-electron chi connectivity index (χ4n) is 2.78. The first-order valence-electron chi connectivity index (χ1n) is 9.50. The first-order chi connectivity index (χ1) is 12.6. The highest BCUT2D eigenvalue weighted by atomic mass is 31.2. The normalized spacial score (nSPS) is 24.2. The molecule has 1 fully saturated rings. The van der Waals surface area contributed by atoms with E-state index in [1.165, 1.54) is 10.8 Å². The minimum Gasteiger partial charge on any atom is -0.409 e. The van der Waals surface area contributed by atoms with Crippen molar-refractivity contribution in [3.8, 4) is 0 Å². The van der Waals surface area contributed by atoms with Crippen LogP contribution in [0.5, 0.6) is 0 Å². The molecule has 1 aromatic heterocycles. The van der Waals surface area contributed by atoms with Gasteiger partial charge in [0.1, 0.15) is 7.14 Å². The predicted octanol–water partition coefficient (Wildman–Crippen LogP) is 3.66. The summed E-state index contributed by atoms with van der Waals surface area (Å²) in [6.07, 6.45) is 2.56. The molecule has 28 heavy (non-hydrogen) atoms. The first kappa shape index (κ1) is 23.1. The highest BCUT2D eigenvalue weighted by Crippen LogP contribution is 2.43. The molecular weight excluding hydrogens is 395 g/mol. The van der Waals surface area contributed by atoms with Crippen LogP contribution >= 0.6 is 7.14 Å². The summed E-state index contributed by atoms with van der Waals surface area (Å²) in [6.45, 7) is 15.8. The number of aryl methyl sites for hydroxylation is 1. The molecule has 1 aromatic rings. The number of H-pyrrole nitrogens is 1. The molecule has 0 aromatic carbocycles. The molecule has 0 amide bonds. The van der Waals surface area contributed by atoms with E-state index in [0.29, 0.717) is 12.0 Å². The lowest BCUT2D eigenvalue weighted by atomic mass is 10.2. The maximum absolute atomic E-state index is 12.4. The molecular formula is C19H33N2O5PSi. The van der Waals surface area contributed by atoms with Crippen LogP contribution in [0.1, 0.15) is 39.0 Å². The van der Waals surface area contributed by atoms with Crippen molar-refractivity contribution in [3.05, 3.63) is 44.5 Å². The molecule has 7 nitrogen and oxygen atoms in total. The van der Waals surface area contributed by atoms with E-state index >= 15 is 0 Å². The summed E-state index contributed by atoms with van der Waals surface area (Å²) in [7, 11) is -4.45. The SMILES string of the molecule is Cc1cn([C@@H]2O[C@H](/C=C/P(C)(C)=O)CC2O[Si](C)(C)C(C)(C)C)c(=O)[nH]c1=O. The third-order valence-corrected chi connectivity index (χ3v) is 10.8. The molecule has 0 bridgehead atoms. The summed E-state index contributed by atoms with van der Waals surface area (Å²) < 4.78 is 26.1. The minimum absolute atomic E-state index is 0.000104. The number of rotatable bonds is 5. The fraction of sp³-hybridized carbons (Fsp3) is 0.684. The minimum atomic E-state index is -2.33. The van der Waals surface area contributed by atoms with Gasteiger partial charge in [-0.15, -0.1) is 0 Å². The smallest absolute Gasteiger partial charge is 0.330 e. The Morgan fingerprint density at radius 2 is 1.93 bits per heavy atom. The maximum Gasteiger partial charge on any atom is 0.330 e. The molecule has 2 heterocycles. The van der Waals surface area contributed by atoms with Gasteiger partial charge in [0.2, 0.25) is 0 Å². The second-order valence-electron chi connectivity index (χ2n) is 9.47. The number of aromatic amines is 1. The fourth-order valence-corrected chi connectivity index (χ4v) is 4.71. The van der Waals surface area contributed by atoms with E-state index in [9.17, 15) is 14.2 Å². The first-order valence-corrected chi connectivity index (χ1v) is 15.1. The van der Waals surface area contributed by atoms with Crippen molar-refractivity contribution in [2.24, 2.45) is 0 Å². The monoisotopic (exact) mass is 428 g/mol. The quantitative estimate of drug-likeness (QED) is 0.571. The van der Waals surface area contributed by atoms with E-state index in [0.717, 1.165) is 0 Å². The lowest BCUT2D eigenvalue weighted by Crippen LogP contribution is -2.46. The number of ether oxygens (including phenoxy) is 1. The van der Waals surface area contributed by atoms with Crippen molar-refractivity contribution in [3.63, 3.8) is 0 Å². The molecule has 2 rings (SSSR count). The van der Waals surface area contributed by atoms with Crippen LogP contribution in [0.3, 0.4) is 0 Å². The summed E-state index contributed by atoms with van der Waals surface area (Å²) >= 11 is 0. The molecule has 1 aliphatic rings. The Kier molecular flexibility index (Phi) is 6.51. The van der Waals surface area contributed by atoms with E-state index in [-0.39, 0.29) is 17.2 Å². The Bertz CT molecular complexity index is 906. The van der Waals surface area contributed by atoms with Gasteiger partial charge >= 0.3 is 5.69 Å². The van der Waals surface area contributed by atoms with Gasteiger partial charge in [-0.2, -0.15) is 0 Å². The molecule has 1 aliphatic heterocycles. The van der Waals surface area contributed by atoms with E-state index in [2.05, 4.69) is 38.8 Å². The number of nitrogens with one attached hydrogen (secondary N) is 1. The van der Waals surface area contributed by atoms with Gasteiger partial charge in [0.15, 0.2) is 14.5 Å².